The zero-order chi connectivity index (χ0) is 11.7. The molecule has 82 valence electrons. The van der Waals surface area contributed by atoms with Crippen molar-refractivity contribution in [3.05, 3.63) is 41.1 Å². The van der Waals surface area contributed by atoms with Crippen molar-refractivity contribution >= 4 is 17.5 Å². The van der Waals surface area contributed by atoms with Crippen LogP contribution in [0.4, 0.5) is 14.7 Å². The quantitative estimate of drug-likeness (QED) is 0.835. The number of nitrogen functional groups attached to an aromatic ring is 1. The first kappa shape index (κ1) is 10.8. The van der Waals surface area contributed by atoms with E-state index in [2.05, 4.69) is 9.97 Å². The lowest BCUT2D eigenvalue weighted by Crippen LogP contribution is -2.00. The Kier molecular flexibility index (Phi) is 2.70. The van der Waals surface area contributed by atoms with Crippen molar-refractivity contribution in [3.63, 3.8) is 0 Å². The van der Waals surface area contributed by atoms with Gasteiger partial charge < -0.3 is 5.73 Å². The number of nitrogens with two attached hydrogens (primary N) is 1. The zero-order valence-corrected chi connectivity index (χ0v) is 8.67. The predicted molar refractivity (Wildman–Crippen MR) is 56.8 cm³/mol. The number of benzene rings is 1. The van der Waals surface area contributed by atoms with Crippen LogP contribution in [0.5, 0.6) is 0 Å². The van der Waals surface area contributed by atoms with Crippen molar-refractivity contribution in [2.24, 2.45) is 0 Å². The van der Waals surface area contributed by atoms with Crippen LogP contribution in [0.3, 0.4) is 0 Å². The lowest BCUT2D eigenvalue weighted by molar-refractivity contribution is 0.607. The number of halogens is 3. The van der Waals surface area contributed by atoms with Crippen molar-refractivity contribution in [2.75, 3.05) is 5.73 Å². The van der Waals surface area contributed by atoms with Gasteiger partial charge in [-0.15, -0.1) is 0 Å². The Morgan fingerprint density at radius 1 is 1.19 bits per heavy atom. The van der Waals surface area contributed by atoms with Crippen molar-refractivity contribution in [3.8, 4) is 11.3 Å². The molecule has 0 saturated carbocycles. The van der Waals surface area contributed by atoms with E-state index < -0.39 is 11.6 Å². The number of hydrogen-bond donors (Lipinski definition) is 1. The Hall–Kier alpha value is -1.75. The molecule has 1 aromatic heterocycles. The molecule has 0 aliphatic rings. The SMILES string of the molecule is Nc1ncc(F)c(-c2ccc(Cl)cc2F)n1. The van der Waals surface area contributed by atoms with E-state index in [-0.39, 0.29) is 22.2 Å². The molecule has 0 amide bonds. The average Bonchev–Trinajstić information content (AvgIpc) is 2.22. The third-order valence-electron chi connectivity index (χ3n) is 1.95. The van der Waals surface area contributed by atoms with Gasteiger partial charge in [-0.1, -0.05) is 11.6 Å². The second-order valence-corrected chi connectivity index (χ2v) is 3.49. The number of rotatable bonds is 1. The minimum absolute atomic E-state index is 0.00370. The molecular formula is C10H6ClF2N3. The van der Waals surface area contributed by atoms with Crippen LogP contribution < -0.4 is 5.73 Å². The Morgan fingerprint density at radius 2 is 1.94 bits per heavy atom. The average molecular weight is 242 g/mol. The molecule has 0 radical (unpaired) electrons. The summed E-state index contributed by atoms with van der Waals surface area (Å²) in [6, 6.07) is 3.86. The van der Waals surface area contributed by atoms with Gasteiger partial charge in [-0.05, 0) is 18.2 Å². The van der Waals surface area contributed by atoms with E-state index in [0.29, 0.717) is 0 Å². The van der Waals surface area contributed by atoms with E-state index in [4.69, 9.17) is 17.3 Å². The maximum absolute atomic E-state index is 13.5. The maximum atomic E-state index is 13.5. The molecule has 0 aliphatic heterocycles. The van der Waals surface area contributed by atoms with Crippen LogP contribution in [0.15, 0.2) is 24.4 Å². The Balaban J connectivity index is 2.62. The summed E-state index contributed by atoms with van der Waals surface area (Å²) in [4.78, 5) is 7.10. The smallest absolute Gasteiger partial charge is 0.220 e. The van der Waals surface area contributed by atoms with Gasteiger partial charge in [0, 0.05) is 10.6 Å². The Labute approximate surface area is 94.9 Å². The summed E-state index contributed by atoms with van der Waals surface area (Å²) in [6.07, 6.45) is 0.895. The molecular weight excluding hydrogens is 236 g/mol. The van der Waals surface area contributed by atoms with Crippen molar-refractivity contribution in [2.45, 2.75) is 0 Å². The first-order valence-corrected chi connectivity index (χ1v) is 4.69. The van der Waals surface area contributed by atoms with Crippen LogP contribution in [0.1, 0.15) is 0 Å². The summed E-state index contributed by atoms with van der Waals surface area (Å²) in [5, 5.41) is 0.226. The van der Waals surface area contributed by atoms with Gasteiger partial charge in [-0.3, -0.25) is 0 Å². The highest BCUT2D eigenvalue weighted by Crippen LogP contribution is 2.25. The summed E-state index contributed by atoms with van der Waals surface area (Å²) < 4.78 is 26.9. The fraction of sp³-hybridized carbons (Fsp3) is 0. The lowest BCUT2D eigenvalue weighted by atomic mass is 10.1. The first-order valence-electron chi connectivity index (χ1n) is 4.31. The molecule has 1 aromatic carbocycles. The Bertz CT molecular complexity index is 546. The number of aromatic nitrogens is 2. The van der Waals surface area contributed by atoms with Gasteiger partial charge in [0.15, 0.2) is 5.82 Å². The number of anilines is 1. The van der Waals surface area contributed by atoms with E-state index in [1.165, 1.54) is 12.1 Å². The van der Waals surface area contributed by atoms with Gasteiger partial charge in [0.2, 0.25) is 5.95 Å². The molecule has 0 atom stereocenters. The van der Waals surface area contributed by atoms with Crippen LogP contribution in [0.2, 0.25) is 5.02 Å². The molecule has 0 spiro atoms. The molecule has 0 saturated heterocycles. The fourth-order valence-electron chi connectivity index (χ4n) is 1.25. The van der Waals surface area contributed by atoms with Crippen LogP contribution in [0, 0.1) is 11.6 Å². The summed E-state index contributed by atoms with van der Waals surface area (Å²) in [7, 11) is 0. The molecule has 3 nitrogen and oxygen atoms in total. The third-order valence-corrected chi connectivity index (χ3v) is 2.18. The molecule has 0 fully saturated rings. The summed E-state index contributed by atoms with van der Waals surface area (Å²) >= 11 is 5.58. The molecule has 0 bridgehead atoms. The van der Waals surface area contributed by atoms with Crippen LogP contribution >= 0.6 is 11.6 Å². The highest BCUT2D eigenvalue weighted by Gasteiger charge is 2.13. The van der Waals surface area contributed by atoms with E-state index >= 15 is 0 Å². The third kappa shape index (κ3) is 1.94. The first-order chi connectivity index (χ1) is 7.58. The molecule has 0 unspecified atom stereocenters. The van der Waals surface area contributed by atoms with E-state index in [9.17, 15) is 8.78 Å². The van der Waals surface area contributed by atoms with Crippen molar-refractivity contribution in [1.82, 2.24) is 9.97 Å². The summed E-state index contributed by atoms with van der Waals surface area (Å²) in [6.45, 7) is 0. The predicted octanol–water partition coefficient (Wildman–Crippen LogP) is 2.66. The minimum Gasteiger partial charge on any atom is -0.368 e. The maximum Gasteiger partial charge on any atom is 0.220 e. The lowest BCUT2D eigenvalue weighted by Gasteiger charge is -2.04. The monoisotopic (exact) mass is 241 g/mol. The van der Waals surface area contributed by atoms with Gasteiger partial charge in [0.1, 0.15) is 11.5 Å². The van der Waals surface area contributed by atoms with Crippen LogP contribution in [-0.4, -0.2) is 9.97 Å². The standard InChI is InChI=1S/C10H6ClF2N3/c11-5-1-2-6(7(12)3-5)9-8(13)4-15-10(14)16-9/h1-4H,(H2,14,15,16). The van der Waals surface area contributed by atoms with Crippen LogP contribution in [-0.2, 0) is 0 Å². The molecule has 16 heavy (non-hydrogen) atoms. The van der Waals surface area contributed by atoms with Gasteiger partial charge >= 0.3 is 0 Å². The van der Waals surface area contributed by atoms with Crippen molar-refractivity contribution in [1.29, 1.82) is 0 Å². The van der Waals surface area contributed by atoms with Crippen LogP contribution in [0.25, 0.3) is 11.3 Å². The molecule has 2 aromatic rings. The molecule has 2 N–H and O–H groups in total. The topological polar surface area (TPSA) is 51.8 Å². The molecule has 2 rings (SSSR count). The number of hydrogen-bond acceptors (Lipinski definition) is 3. The molecule has 1 heterocycles. The normalized spacial score (nSPS) is 10.4. The highest BCUT2D eigenvalue weighted by atomic mass is 35.5. The molecule has 0 aliphatic carbocycles. The second-order valence-electron chi connectivity index (χ2n) is 3.05. The largest absolute Gasteiger partial charge is 0.368 e. The van der Waals surface area contributed by atoms with Gasteiger partial charge in [0.05, 0.1) is 6.20 Å². The van der Waals surface area contributed by atoms with E-state index in [1.807, 2.05) is 0 Å². The van der Waals surface area contributed by atoms with Gasteiger partial charge in [0.25, 0.3) is 0 Å². The number of nitrogens with zero attached hydrogens (tertiary/aromatic N) is 2. The van der Waals surface area contributed by atoms with Gasteiger partial charge in [-0.25, -0.2) is 18.7 Å². The van der Waals surface area contributed by atoms with Crippen molar-refractivity contribution < 1.29 is 8.78 Å². The fourth-order valence-corrected chi connectivity index (χ4v) is 1.41. The molecule has 6 heteroatoms. The van der Waals surface area contributed by atoms with Gasteiger partial charge in [-0.2, -0.15) is 0 Å². The highest BCUT2D eigenvalue weighted by molar-refractivity contribution is 6.30. The Morgan fingerprint density at radius 3 is 2.62 bits per heavy atom. The summed E-state index contributed by atoms with van der Waals surface area (Å²) in [5.74, 6) is -1.52. The minimum atomic E-state index is -0.740. The summed E-state index contributed by atoms with van der Waals surface area (Å²) in [5.41, 5.74) is 5.12. The second kappa shape index (κ2) is 4.02. The van der Waals surface area contributed by atoms with E-state index in [0.717, 1.165) is 12.3 Å². The zero-order valence-electron chi connectivity index (χ0n) is 7.92. The van der Waals surface area contributed by atoms with E-state index in [1.54, 1.807) is 0 Å².